The Balaban J connectivity index is 1.43. The van der Waals surface area contributed by atoms with E-state index < -0.39 is 28.1 Å². The Labute approximate surface area is 186 Å². The molecule has 2 aliphatic heterocycles. The van der Waals surface area contributed by atoms with Gasteiger partial charge in [0, 0.05) is 31.2 Å². The lowest BCUT2D eigenvalue weighted by Gasteiger charge is -2.26. The third-order valence-corrected chi connectivity index (χ3v) is 7.20. The maximum atomic E-state index is 12.8. The molecule has 1 unspecified atom stereocenters. The van der Waals surface area contributed by atoms with Gasteiger partial charge in [0.2, 0.25) is 10.0 Å². The molecule has 0 aliphatic carbocycles. The van der Waals surface area contributed by atoms with Crippen LogP contribution in [-0.4, -0.2) is 94.8 Å². The summed E-state index contributed by atoms with van der Waals surface area (Å²) in [6.45, 7) is 4.56. The Morgan fingerprint density at radius 2 is 1.71 bits per heavy atom. The number of halogens is 1. The van der Waals surface area contributed by atoms with Crippen LogP contribution >= 0.6 is 11.6 Å². The van der Waals surface area contributed by atoms with E-state index in [0.717, 1.165) is 30.4 Å². The molecule has 0 spiro atoms. The van der Waals surface area contributed by atoms with Gasteiger partial charge in [0.05, 0.1) is 31.3 Å². The lowest BCUT2D eigenvalue weighted by Crippen LogP contribution is -2.47. The van der Waals surface area contributed by atoms with Crippen molar-refractivity contribution in [2.24, 2.45) is 0 Å². The molecule has 1 atom stereocenters. The number of morpholine rings is 1. The lowest BCUT2D eigenvalue weighted by molar-refractivity contribution is -0.139. The predicted molar refractivity (Wildman–Crippen MR) is 113 cm³/mol. The molecule has 31 heavy (non-hydrogen) atoms. The van der Waals surface area contributed by atoms with E-state index in [1.807, 2.05) is 0 Å². The van der Waals surface area contributed by atoms with Gasteiger partial charge < -0.3 is 20.1 Å². The highest BCUT2D eigenvalue weighted by Crippen LogP contribution is 2.23. The van der Waals surface area contributed by atoms with E-state index in [1.165, 1.54) is 24.3 Å². The number of carbonyl (C=O) groups is 2. The van der Waals surface area contributed by atoms with Gasteiger partial charge in [-0.05, 0) is 37.2 Å². The number of ether oxygens (including phenoxy) is 2. The number of carbonyl (C=O) groups excluding carboxylic acids is 2. The van der Waals surface area contributed by atoms with Crippen molar-refractivity contribution >= 4 is 33.4 Å². The zero-order chi connectivity index (χ0) is 22.3. The highest BCUT2D eigenvalue weighted by Gasteiger charge is 2.36. The minimum atomic E-state index is -3.82. The van der Waals surface area contributed by atoms with Gasteiger partial charge in [-0.1, -0.05) is 11.6 Å². The zero-order valence-electron chi connectivity index (χ0n) is 17.1. The number of amides is 2. The van der Waals surface area contributed by atoms with Gasteiger partial charge in [-0.25, -0.2) is 8.42 Å². The highest BCUT2D eigenvalue weighted by atomic mass is 35.5. The third kappa shape index (κ3) is 6.61. The number of hydrogen-bond donors (Lipinski definition) is 2. The Hall–Kier alpha value is -1.76. The summed E-state index contributed by atoms with van der Waals surface area (Å²) in [6.07, 6.45) is -0.170. The quantitative estimate of drug-likeness (QED) is 0.390. The van der Waals surface area contributed by atoms with Crippen LogP contribution in [0.3, 0.4) is 0 Å². The van der Waals surface area contributed by atoms with E-state index in [4.69, 9.17) is 21.1 Å². The van der Waals surface area contributed by atoms with Crippen molar-refractivity contribution in [1.82, 2.24) is 19.8 Å². The molecule has 0 bridgehead atoms. The SMILES string of the molecule is O=C(NCCCN1CCOCC1)C(=O)NCC1OCCN1S(=O)(=O)c1ccc(Cl)cc1. The Morgan fingerprint density at radius 1 is 1.03 bits per heavy atom. The molecule has 12 heteroatoms. The fourth-order valence-electron chi connectivity index (χ4n) is 3.35. The normalized spacial score (nSPS) is 20.5. The molecule has 2 amide bonds. The maximum Gasteiger partial charge on any atom is 0.309 e. The predicted octanol–water partition coefficient (Wildman–Crippen LogP) is -0.358. The Kier molecular flexibility index (Phi) is 8.64. The molecule has 0 aromatic heterocycles. The summed E-state index contributed by atoms with van der Waals surface area (Å²) in [6, 6.07) is 5.81. The van der Waals surface area contributed by atoms with Crippen molar-refractivity contribution in [2.75, 3.05) is 59.1 Å². The monoisotopic (exact) mass is 474 g/mol. The second-order valence-electron chi connectivity index (χ2n) is 7.17. The number of sulfonamides is 1. The minimum absolute atomic E-state index is 0.0803. The van der Waals surface area contributed by atoms with Crippen LogP contribution in [-0.2, 0) is 29.1 Å². The molecule has 2 aliphatic rings. The van der Waals surface area contributed by atoms with Crippen LogP contribution in [0.25, 0.3) is 0 Å². The third-order valence-electron chi connectivity index (χ3n) is 5.05. The van der Waals surface area contributed by atoms with Crippen LogP contribution in [0.5, 0.6) is 0 Å². The van der Waals surface area contributed by atoms with Crippen LogP contribution in [0.4, 0.5) is 0 Å². The number of rotatable bonds is 8. The molecule has 0 radical (unpaired) electrons. The molecular weight excluding hydrogens is 448 g/mol. The molecule has 2 heterocycles. The maximum absolute atomic E-state index is 12.8. The number of hydrogen-bond acceptors (Lipinski definition) is 7. The summed E-state index contributed by atoms with van der Waals surface area (Å²) in [5.74, 6) is -1.59. The van der Waals surface area contributed by atoms with Crippen LogP contribution < -0.4 is 10.6 Å². The van der Waals surface area contributed by atoms with Crippen molar-refractivity contribution in [2.45, 2.75) is 17.5 Å². The molecule has 10 nitrogen and oxygen atoms in total. The van der Waals surface area contributed by atoms with E-state index in [-0.39, 0.29) is 24.6 Å². The van der Waals surface area contributed by atoms with Gasteiger partial charge in [0.1, 0.15) is 6.23 Å². The summed E-state index contributed by atoms with van der Waals surface area (Å²) in [5.41, 5.74) is 0. The second kappa shape index (κ2) is 11.2. The van der Waals surface area contributed by atoms with Gasteiger partial charge in [-0.15, -0.1) is 0 Å². The molecule has 2 fully saturated rings. The standard InChI is InChI=1S/C19H27ClN4O6S/c20-15-2-4-16(5-3-15)31(27,28)24-10-13-30-17(24)14-22-19(26)18(25)21-6-1-7-23-8-11-29-12-9-23/h2-5,17H,1,6-14H2,(H,21,25)(H,22,26). The van der Waals surface area contributed by atoms with Gasteiger partial charge in [-0.3, -0.25) is 14.5 Å². The fraction of sp³-hybridized carbons (Fsp3) is 0.579. The van der Waals surface area contributed by atoms with E-state index in [2.05, 4.69) is 15.5 Å². The first-order valence-corrected chi connectivity index (χ1v) is 11.9. The molecule has 0 saturated carbocycles. The fourth-order valence-corrected chi connectivity index (χ4v) is 4.99. The molecule has 172 valence electrons. The summed E-state index contributed by atoms with van der Waals surface area (Å²) in [4.78, 5) is 26.4. The van der Waals surface area contributed by atoms with Crippen molar-refractivity contribution in [1.29, 1.82) is 0 Å². The van der Waals surface area contributed by atoms with Gasteiger partial charge in [0.25, 0.3) is 0 Å². The summed E-state index contributed by atoms with van der Waals surface area (Å²) in [7, 11) is -3.82. The summed E-state index contributed by atoms with van der Waals surface area (Å²) < 4.78 is 37.6. The molecule has 1 aromatic carbocycles. The van der Waals surface area contributed by atoms with Gasteiger partial charge in [-0.2, -0.15) is 4.31 Å². The van der Waals surface area contributed by atoms with Gasteiger partial charge in [0.15, 0.2) is 0 Å². The largest absolute Gasteiger partial charge is 0.379 e. The highest BCUT2D eigenvalue weighted by molar-refractivity contribution is 7.89. The van der Waals surface area contributed by atoms with Gasteiger partial charge >= 0.3 is 11.8 Å². The van der Waals surface area contributed by atoms with E-state index >= 15 is 0 Å². The first kappa shape index (κ1) is 23.9. The first-order chi connectivity index (χ1) is 14.9. The molecular formula is C19H27ClN4O6S. The summed E-state index contributed by atoms with van der Waals surface area (Å²) in [5, 5.41) is 5.45. The second-order valence-corrected chi connectivity index (χ2v) is 9.50. The van der Waals surface area contributed by atoms with Crippen molar-refractivity contribution in [3.8, 4) is 0 Å². The molecule has 1 aromatic rings. The van der Waals surface area contributed by atoms with Crippen molar-refractivity contribution in [3.05, 3.63) is 29.3 Å². The average molecular weight is 475 g/mol. The lowest BCUT2D eigenvalue weighted by atomic mass is 10.3. The van der Waals surface area contributed by atoms with E-state index in [9.17, 15) is 18.0 Å². The average Bonchev–Trinajstić information content (AvgIpc) is 3.25. The summed E-state index contributed by atoms with van der Waals surface area (Å²) >= 11 is 5.82. The van der Waals surface area contributed by atoms with Crippen LogP contribution in [0.1, 0.15) is 6.42 Å². The van der Waals surface area contributed by atoms with Crippen molar-refractivity contribution < 1.29 is 27.5 Å². The van der Waals surface area contributed by atoms with Crippen LogP contribution in [0, 0.1) is 0 Å². The zero-order valence-corrected chi connectivity index (χ0v) is 18.7. The number of nitrogens with one attached hydrogen (secondary N) is 2. The van der Waals surface area contributed by atoms with E-state index in [0.29, 0.717) is 24.8 Å². The number of benzene rings is 1. The Morgan fingerprint density at radius 3 is 2.42 bits per heavy atom. The minimum Gasteiger partial charge on any atom is -0.379 e. The van der Waals surface area contributed by atoms with Crippen LogP contribution in [0.2, 0.25) is 5.02 Å². The van der Waals surface area contributed by atoms with Crippen LogP contribution in [0.15, 0.2) is 29.2 Å². The first-order valence-electron chi connectivity index (χ1n) is 10.1. The smallest absolute Gasteiger partial charge is 0.309 e. The van der Waals surface area contributed by atoms with E-state index in [1.54, 1.807) is 0 Å². The number of nitrogens with zero attached hydrogens (tertiary/aromatic N) is 2. The molecule has 3 rings (SSSR count). The molecule has 2 N–H and O–H groups in total. The Bertz CT molecular complexity index is 861. The molecule has 2 saturated heterocycles. The van der Waals surface area contributed by atoms with Crippen molar-refractivity contribution in [3.63, 3.8) is 0 Å². The topological polar surface area (TPSA) is 117 Å².